The van der Waals surface area contributed by atoms with E-state index in [-0.39, 0.29) is 0 Å². The number of hydrogen-bond donors (Lipinski definition) is 1. The SMILES string of the molecule is CCCCC(CC)CNC(=O)C1CC2CCC1C2. The van der Waals surface area contributed by atoms with E-state index in [9.17, 15) is 4.79 Å². The van der Waals surface area contributed by atoms with Crippen molar-refractivity contribution in [1.29, 1.82) is 0 Å². The molecule has 1 amide bonds. The van der Waals surface area contributed by atoms with Crippen LogP contribution in [0, 0.1) is 23.7 Å². The lowest BCUT2D eigenvalue weighted by Crippen LogP contribution is -2.36. The monoisotopic (exact) mass is 251 g/mol. The zero-order chi connectivity index (χ0) is 13.0. The molecule has 2 rings (SSSR count). The number of carbonyl (C=O) groups excluding carboxylic acids is 1. The molecule has 0 aliphatic heterocycles. The van der Waals surface area contributed by atoms with Crippen molar-refractivity contribution < 1.29 is 4.79 Å². The predicted octanol–water partition coefficient (Wildman–Crippen LogP) is 3.76. The largest absolute Gasteiger partial charge is 0.356 e. The molecule has 2 fully saturated rings. The average Bonchev–Trinajstić information content (AvgIpc) is 3.01. The fourth-order valence-corrected chi connectivity index (χ4v) is 3.89. The Morgan fingerprint density at radius 1 is 1.28 bits per heavy atom. The van der Waals surface area contributed by atoms with E-state index >= 15 is 0 Å². The van der Waals surface area contributed by atoms with Crippen LogP contribution in [0.1, 0.15) is 65.2 Å². The molecule has 2 heteroatoms. The van der Waals surface area contributed by atoms with Gasteiger partial charge in [0.25, 0.3) is 0 Å². The molecular weight excluding hydrogens is 222 g/mol. The molecule has 0 aromatic carbocycles. The van der Waals surface area contributed by atoms with E-state index < -0.39 is 0 Å². The summed E-state index contributed by atoms with van der Waals surface area (Å²) >= 11 is 0. The van der Waals surface area contributed by atoms with Crippen LogP contribution >= 0.6 is 0 Å². The maximum absolute atomic E-state index is 12.2. The van der Waals surface area contributed by atoms with Crippen molar-refractivity contribution in [2.75, 3.05) is 6.54 Å². The second-order valence-electron chi connectivity index (χ2n) is 6.44. The van der Waals surface area contributed by atoms with Crippen molar-refractivity contribution in [3.05, 3.63) is 0 Å². The van der Waals surface area contributed by atoms with Crippen molar-refractivity contribution in [2.24, 2.45) is 23.7 Å². The Hall–Kier alpha value is -0.530. The van der Waals surface area contributed by atoms with Gasteiger partial charge in [0.2, 0.25) is 5.91 Å². The first-order valence-electron chi connectivity index (χ1n) is 8.02. The van der Waals surface area contributed by atoms with Gasteiger partial charge in [-0.15, -0.1) is 0 Å². The average molecular weight is 251 g/mol. The van der Waals surface area contributed by atoms with E-state index in [4.69, 9.17) is 0 Å². The van der Waals surface area contributed by atoms with Gasteiger partial charge in [0, 0.05) is 12.5 Å². The first kappa shape index (κ1) is 13.9. The van der Waals surface area contributed by atoms with Crippen LogP contribution in [-0.2, 0) is 4.79 Å². The number of rotatable bonds is 7. The quantitative estimate of drug-likeness (QED) is 0.733. The Bertz CT molecular complexity index is 276. The number of carbonyl (C=O) groups is 1. The van der Waals surface area contributed by atoms with Gasteiger partial charge < -0.3 is 5.32 Å². The minimum absolute atomic E-state index is 0.354. The molecule has 104 valence electrons. The second-order valence-corrected chi connectivity index (χ2v) is 6.44. The smallest absolute Gasteiger partial charge is 0.223 e. The molecule has 0 radical (unpaired) electrons. The highest BCUT2D eigenvalue weighted by atomic mass is 16.1. The van der Waals surface area contributed by atoms with Gasteiger partial charge in [-0.1, -0.05) is 39.5 Å². The van der Waals surface area contributed by atoms with Gasteiger partial charge in [-0.2, -0.15) is 0 Å². The molecule has 0 heterocycles. The normalized spacial score (nSPS) is 31.6. The van der Waals surface area contributed by atoms with E-state index in [0.29, 0.717) is 23.7 Å². The van der Waals surface area contributed by atoms with Gasteiger partial charge in [0.05, 0.1) is 0 Å². The molecule has 0 aromatic rings. The second kappa shape index (κ2) is 6.58. The summed E-state index contributed by atoms with van der Waals surface area (Å²) < 4.78 is 0. The van der Waals surface area contributed by atoms with Gasteiger partial charge in [0.15, 0.2) is 0 Å². The van der Waals surface area contributed by atoms with Gasteiger partial charge in [-0.25, -0.2) is 0 Å². The summed E-state index contributed by atoms with van der Waals surface area (Å²) in [5.74, 6) is 2.98. The first-order valence-corrected chi connectivity index (χ1v) is 8.02. The Morgan fingerprint density at radius 3 is 2.67 bits per heavy atom. The molecule has 0 spiro atoms. The minimum atomic E-state index is 0.354. The summed E-state index contributed by atoms with van der Waals surface area (Å²) in [6, 6.07) is 0. The third-order valence-corrected chi connectivity index (χ3v) is 5.18. The number of hydrogen-bond acceptors (Lipinski definition) is 1. The van der Waals surface area contributed by atoms with Gasteiger partial charge >= 0.3 is 0 Å². The molecular formula is C16H29NO. The highest BCUT2D eigenvalue weighted by Crippen LogP contribution is 2.48. The lowest BCUT2D eigenvalue weighted by atomic mass is 9.88. The minimum Gasteiger partial charge on any atom is -0.356 e. The van der Waals surface area contributed by atoms with Crippen LogP contribution in [0.25, 0.3) is 0 Å². The summed E-state index contributed by atoms with van der Waals surface area (Å²) in [5, 5.41) is 3.23. The standard InChI is InChI=1S/C16H29NO/c1-3-5-6-12(4-2)11-17-16(18)15-10-13-7-8-14(15)9-13/h12-15H,3-11H2,1-2H3,(H,17,18). The molecule has 2 bridgehead atoms. The first-order chi connectivity index (χ1) is 8.74. The van der Waals surface area contributed by atoms with Crippen LogP contribution in [0.4, 0.5) is 0 Å². The zero-order valence-electron chi connectivity index (χ0n) is 12.1. The summed E-state index contributed by atoms with van der Waals surface area (Å²) in [6.07, 6.45) is 10.2. The number of amides is 1. The molecule has 2 nitrogen and oxygen atoms in total. The van der Waals surface area contributed by atoms with Gasteiger partial charge in [-0.3, -0.25) is 4.79 Å². The highest BCUT2D eigenvalue weighted by Gasteiger charge is 2.42. The molecule has 2 aliphatic carbocycles. The van der Waals surface area contributed by atoms with Crippen molar-refractivity contribution in [2.45, 2.75) is 65.2 Å². The number of nitrogens with one attached hydrogen (secondary N) is 1. The summed E-state index contributed by atoms with van der Waals surface area (Å²) in [7, 11) is 0. The van der Waals surface area contributed by atoms with Crippen LogP contribution < -0.4 is 5.32 Å². The summed E-state index contributed by atoms with van der Waals surface area (Å²) in [4.78, 5) is 12.2. The van der Waals surface area contributed by atoms with Crippen molar-refractivity contribution in [1.82, 2.24) is 5.32 Å². The van der Waals surface area contributed by atoms with Crippen molar-refractivity contribution in [3.63, 3.8) is 0 Å². The van der Waals surface area contributed by atoms with Crippen LogP contribution in [0.3, 0.4) is 0 Å². The third-order valence-electron chi connectivity index (χ3n) is 5.18. The molecule has 2 saturated carbocycles. The Morgan fingerprint density at radius 2 is 2.11 bits per heavy atom. The van der Waals surface area contributed by atoms with Gasteiger partial charge in [0.1, 0.15) is 0 Å². The van der Waals surface area contributed by atoms with E-state index in [0.717, 1.165) is 12.5 Å². The molecule has 4 unspecified atom stereocenters. The maximum Gasteiger partial charge on any atom is 0.223 e. The third kappa shape index (κ3) is 3.27. The van der Waals surface area contributed by atoms with Crippen LogP contribution in [0.2, 0.25) is 0 Å². The van der Waals surface area contributed by atoms with Crippen molar-refractivity contribution >= 4 is 5.91 Å². The van der Waals surface area contributed by atoms with E-state index in [2.05, 4.69) is 19.2 Å². The fraction of sp³-hybridized carbons (Fsp3) is 0.938. The van der Waals surface area contributed by atoms with Crippen LogP contribution in [0.5, 0.6) is 0 Å². The van der Waals surface area contributed by atoms with E-state index in [1.165, 1.54) is 51.4 Å². The lowest BCUT2D eigenvalue weighted by molar-refractivity contribution is -0.126. The molecule has 1 N–H and O–H groups in total. The Kier molecular flexibility index (Phi) is 5.08. The molecule has 0 saturated heterocycles. The van der Waals surface area contributed by atoms with E-state index in [1.807, 2.05) is 0 Å². The Balaban J connectivity index is 1.70. The number of unbranched alkanes of at least 4 members (excludes halogenated alkanes) is 1. The van der Waals surface area contributed by atoms with Crippen LogP contribution in [0.15, 0.2) is 0 Å². The zero-order valence-corrected chi connectivity index (χ0v) is 12.1. The highest BCUT2D eigenvalue weighted by molar-refractivity contribution is 5.79. The summed E-state index contributed by atoms with van der Waals surface area (Å²) in [6.45, 7) is 5.38. The molecule has 4 atom stereocenters. The van der Waals surface area contributed by atoms with Crippen LogP contribution in [-0.4, -0.2) is 12.5 Å². The van der Waals surface area contributed by atoms with Gasteiger partial charge in [-0.05, 0) is 43.4 Å². The lowest BCUT2D eigenvalue weighted by Gasteiger charge is -2.22. The summed E-state index contributed by atoms with van der Waals surface area (Å²) in [5.41, 5.74) is 0. The maximum atomic E-state index is 12.2. The van der Waals surface area contributed by atoms with E-state index in [1.54, 1.807) is 0 Å². The Labute approximate surface area is 112 Å². The predicted molar refractivity (Wildman–Crippen MR) is 75.3 cm³/mol. The molecule has 0 aromatic heterocycles. The number of fused-ring (bicyclic) bond motifs is 2. The topological polar surface area (TPSA) is 29.1 Å². The molecule has 2 aliphatic rings. The molecule has 18 heavy (non-hydrogen) atoms. The fourth-order valence-electron chi connectivity index (χ4n) is 3.89. The van der Waals surface area contributed by atoms with Crippen molar-refractivity contribution in [3.8, 4) is 0 Å².